The highest BCUT2D eigenvalue weighted by molar-refractivity contribution is 6.31. The molecule has 2 aromatic carbocycles. The summed E-state index contributed by atoms with van der Waals surface area (Å²) in [6.07, 6.45) is -7.48. The lowest BCUT2D eigenvalue weighted by atomic mass is 9.72. The Morgan fingerprint density at radius 2 is 1.79 bits per heavy atom. The number of phenolic OH excluding ortho intramolecular Hbond substituents is 2. The van der Waals surface area contributed by atoms with Crippen molar-refractivity contribution in [3.05, 3.63) is 51.6 Å². The topological polar surface area (TPSA) is 246 Å². The Labute approximate surface area is 273 Å². The first-order chi connectivity index (χ1) is 22.9. The molecule has 6 rings (SSSR count). The lowest BCUT2D eigenvalue weighted by molar-refractivity contribution is -0.303. The molecule has 0 radical (unpaired) electrons. The maximum atomic E-state index is 13.9. The summed E-state index contributed by atoms with van der Waals surface area (Å²) in [5.41, 5.74) is -4.02. The van der Waals surface area contributed by atoms with Gasteiger partial charge in [-0.1, -0.05) is 12.1 Å². The zero-order valence-electron chi connectivity index (χ0n) is 26.1. The summed E-state index contributed by atoms with van der Waals surface area (Å²) in [6, 6.07) is 3.42. The van der Waals surface area contributed by atoms with Crippen LogP contribution >= 0.6 is 0 Å². The molecule has 0 spiro atoms. The maximum absolute atomic E-state index is 13.9. The zero-order valence-corrected chi connectivity index (χ0v) is 26.1. The van der Waals surface area contributed by atoms with Crippen LogP contribution in [0.1, 0.15) is 68.8 Å². The van der Waals surface area contributed by atoms with Gasteiger partial charge in [0.1, 0.15) is 35.6 Å². The zero-order chi connectivity index (χ0) is 34.7. The van der Waals surface area contributed by atoms with Crippen LogP contribution < -0.4 is 4.74 Å². The van der Waals surface area contributed by atoms with Crippen LogP contribution in [0.2, 0.25) is 0 Å². The van der Waals surface area contributed by atoms with E-state index in [-0.39, 0.29) is 54.2 Å². The Morgan fingerprint density at radius 3 is 2.44 bits per heavy atom. The third kappa shape index (κ3) is 5.57. The average molecular weight is 676 g/mol. The number of carbonyl (C=O) groups is 3. The molecule has 0 aromatic heterocycles. The van der Waals surface area contributed by atoms with E-state index in [0.29, 0.717) is 0 Å². The Kier molecular flexibility index (Phi) is 9.33. The fourth-order valence-corrected chi connectivity index (χ4v) is 6.94. The number of epoxide rings is 1. The van der Waals surface area contributed by atoms with E-state index >= 15 is 0 Å². The molecule has 2 aliphatic carbocycles. The van der Waals surface area contributed by atoms with E-state index in [9.17, 15) is 50.1 Å². The summed E-state index contributed by atoms with van der Waals surface area (Å²) in [6.45, 7) is -0.379. The molecule has 260 valence electrons. The van der Waals surface area contributed by atoms with E-state index in [2.05, 4.69) is 0 Å². The van der Waals surface area contributed by atoms with Gasteiger partial charge in [0, 0.05) is 36.0 Å². The maximum Gasteiger partial charge on any atom is 0.202 e. The van der Waals surface area contributed by atoms with Crippen LogP contribution in [0.25, 0.3) is 0 Å². The molecule has 6 unspecified atom stereocenters. The molecule has 0 amide bonds. The van der Waals surface area contributed by atoms with Crippen LogP contribution in [0.4, 0.5) is 0 Å². The molecular weight excluding hydrogens is 638 g/mol. The number of nitrogens with zero attached hydrogens (tertiary/aromatic N) is 1. The predicted octanol–water partition coefficient (Wildman–Crippen LogP) is -1.01. The van der Waals surface area contributed by atoms with Gasteiger partial charge in [0.15, 0.2) is 24.1 Å². The van der Waals surface area contributed by atoms with Gasteiger partial charge in [-0.3, -0.25) is 19.2 Å². The number of hydrogen-bond donors (Lipinski definition) is 7. The van der Waals surface area contributed by atoms with Crippen LogP contribution in [0.5, 0.6) is 17.2 Å². The number of hydroxylamine groups is 2. The number of aliphatic hydroxyl groups excluding tert-OH is 4. The lowest BCUT2D eigenvalue weighted by Gasteiger charge is -2.44. The smallest absolute Gasteiger partial charge is 0.202 e. The molecule has 2 aromatic rings. The first-order valence-corrected chi connectivity index (χ1v) is 15.4. The normalized spacial score (nSPS) is 30.9. The van der Waals surface area contributed by atoms with Gasteiger partial charge in [-0.15, -0.1) is 0 Å². The SMILES string of the molecule is COc1cccc2c1C(=O)c1c(O)c3c(c(O)c1C2=O)C[C@@](O)(C(=O)CO)C[C@@H]3OC1CC(N(OCCO)C2OC2CO)C(O)C(C)O1. The standard InChI is InChI=1S/C32H37NO15/c1-13-26(38)16(33(45-7-6-34)31-19(11-35)48-31)8-21(46-13)47-18-10-32(43,20(37)12-36)9-15-23(18)30(42)25-24(28(15)40)27(39)14-4-3-5-17(44-2)22(14)29(25)41/h3-5,13,16,18-19,21,26,31,34-36,38,40,42-43H,6-12H2,1-2H3/t13?,16?,18-,19?,21?,26?,31?,32-/m0/s1. The summed E-state index contributed by atoms with van der Waals surface area (Å²) >= 11 is 0. The van der Waals surface area contributed by atoms with Gasteiger partial charge in [0.05, 0.1) is 68.0 Å². The first kappa shape index (κ1) is 34.3. The summed E-state index contributed by atoms with van der Waals surface area (Å²) in [7, 11) is 1.31. The number of fused-ring (bicyclic) bond motifs is 3. The minimum absolute atomic E-state index is 0.0640. The summed E-state index contributed by atoms with van der Waals surface area (Å²) in [5.74, 6) is -4.05. The van der Waals surface area contributed by atoms with Crippen molar-refractivity contribution in [1.82, 2.24) is 5.06 Å². The van der Waals surface area contributed by atoms with Gasteiger partial charge in [-0.2, -0.15) is 5.06 Å². The predicted molar refractivity (Wildman–Crippen MR) is 158 cm³/mol. The van der Waals surface area contributed by atoms with Crippen molar-refractivity contribution in [2.24, 2.45) is 0 Å². The highest BCUT2D eigenvalue weighted by Gasteiger charge is 2.53. The van der Waals surface area contributed by atoms with E-state index in [1.165, 1.54) is 30.4 Å². The average Bonchev–Trinajstić information content (AvgIpc) is 3.86. The molecule has 2 aliphatic heterocycles. The molecule has 16 heteroatoms. The Morgan fingerprint density at radius 1 is 1.06 bits per heavy atom. The molecule has 4 aliphatic rings. The highest BCUT2D eigenvalue weighted by Crippen LogP contribution is 2.52. The third-order valence-corrected chi connectivity index (χ3v) is 9.38. The molecule has 8 atom stereocenters. The number of methoxy groups -OCH3 is 1. The lowest BCUT2D eigenvalue weighted by Crippen LogP contribution is -2.57. The van der Waals surface area contributed by atoms with E-state index in [1.54, 1.807) is 6.92 Å². The minimum Gasteiger partial charge on any atom is -0.507 e. The van der Waals surface area contributed by atoms with Gasteiger partial charge < -0.3 is 54.7 Å². The van der Waals surface area contributed by atoms with E-state index in [0.717, 1.165) is 0 Å². The molecule has 2 heterocycles. The highest BCUT2D eigenvalue weighted by atomic mass is 16.8. The van der Waals surface area contributed by atoms with Gasteiger partial charge in [0.2, 0.25) is 5.78 Å². The third-order valence-electron chi connectivity index (χ3n) is 9.38. The fraction of sp³-hybridized carbons (Fsp3) is 0.531. The van der Waals surface area contributed by atoms with Crippen LogP contribution in [-0.2, 0) is 30.3 Å². The summed E-state index contributed by atoms with van der Waals surface area (Å²) in [4.78, 5) is 46.1. The minimum atomic E-state index is -2.33. The second kappa shape index (κ2) is 13.1. The number of hydrogen-bond acceptors (Lipinski definition) is 16. The van der Waals surface area contributed by atoms with Crippen molar-refractivity contribution >= 4 is 17.3 Å². The van der Waals surface area contributed by atoms with Crippen molar-refractivity contribution in [2.75, 3.05) is 33.5 Å². The number of ether oxygens (including phenoxy) is 4. The van der Waals surface area contributed by atoms with Gasteiger partial charge in [-0.05, 0) is 13.0 Å². The molecule has 2 saturated heterocycles. The van der Waals surface area contributed by atoms with E-state index in [1.807, 2.05) is 0 Å². The molecule has 48 heavy (non-hydrogen) atoms. The Balaban J connectivity index is 1.42. The molecular formula is C32H37NO15. The number of benzene rings is 2. The Hall–Kier alpha value is -3.55. The number of Topliss-reactive ketones (excluding diaryl/α,β-unsaturated/α-hetero) is 1. The van der Waals surface area contributed by atoms with E-state index in [4.69, 9.17) is 23.8 Å². The number of rotatable bonds is 11. The fourth-order valence-electron chi connectivity index (χ4n) is 6.94. The van der Waals surface area contributed by atoms with Gasteiger partial charge in [0.25, 0.3) is 0 Å². The number of aliphatic hydroxyl groups is 5. The van der Waals surface area contributed by atoms with Gasteiger partial charge in [-0.25, -0.2) is 0 Å². The van der Waals surface area contributed by atoms with Crippen LogP contribution in [0.3, 0.4) is 0 Å². The number of carbonyl (C=O) groups excluding carboxylic acids is 3. The second-order valence-electron chi connectivity index (χ2n) is 12.2. The molecule has 0 saturated carbocycles. The van der Waals surface area contributed by atoms with Crippen molar-refractivity contribution in [1.29, 1.82) is 0 Å². The molecule has 7 N–H and O–H groups in total. The van der Waals surface area contributed by atoms with Crippen LogP contribution in [0.15, 0.2) is 18.2 Å². The number of ketones is 3. The van der Waals surface area contributed by atoms with Crippen molar-refractivity contribution < 1.29 is 73.9 Å². The monoisotopic (exact) mass is 675 g/mol. The van der Waals surface area contributed by atoms with Crippen molar-refractivity contribution in [2.45, 2.75) is 74.8 Å². The van der Waals surface area contributed by atoms with Crippen molar-refractivity contribution in [3.63, 3.8) is 0 Å². The van der Waals surface area contributed by atoms with Gasteiger partial charge >= 0.3 is 0 Å². The first-order valence-electron chi connectivity index (χ1n) is 15.4. The quantitative estimate of drug-likeness (QED) is 0.0731. The van der Waals surface area contributed by atoms with Crippen molar-refractivity contribution in [3.8, 4) is 17.2 Å². The Bertz CT molecular complexity index is 1630. The van der Waals surface area contributed by atoms with Crippen LogP contribution in [-0.4, -0.2) is 134 Å². The summed E-state index contributed by atoms with van der Waals surface area (Å²) in [5, 5.41) is 75.7. The molecule has 2 fully saturated rings. The molecule has 16 nitrogen and oxygen atoms in total. The number of phenols is 2. The van der Waals surface area contributed by atoms with E-state index < -0.39 is 108 Å². The largest absolute Gasteiger partial charge is 0.507 e. The second-order valence-corrected chi connectivity index (χ2v) is 12.2. The van der Waals surface area contributed by atoms with Crippen LogP contribution in [0, 0.1) is 0 Å². The summed E-state index contributed by atoms with van der Waals surface area (Å²) < 4.78 is 22.9. The number of aromatic hydroxyl groups is 2. The molecule has 0 bridgehead atoms.